The van der Waals surface area contributed by atoms with E-state index in [1.54, 1.807) is 0 Å². The lowest BCUT2D eigenvalue weighted by Crippen LogP contribution is -2.14. The lowest BCUT2D eigenvalue weighted by Gasteiger charge is -2.12. The van der Waals surface area contributed by atoms with Gasteiger partial charge in [0.1, 0.15) is 5.75 Å². The minimum absolute atomic E-state index is 0.146. The van der Waals surface area contributed by atoms with Gasteiger partial charge in [0.15, 0.2) is 5.78 Å². The number of methoxy groups -OCH3 is 1. The number of carbonyl (C=O) groups excluding carboxylic acids is 1. The molecule has 0 heterocycles. The summed E-state index contributed by atoms with van der Waals surface area (Å²) in [5, 5.41) is 0. The predicted octanol–water partition coefficient (Wildman–Crippen LogP) is 4.71. The van der Waals surface area contributed by atoms with Crippen LogP contribution in [0.1, 0.15) is 21.5 Å². The molecule has 0 unspecified atom stereocenters. The van der Waals surface area contributed by atoms with Crippen molar-refractivity contribution in [3.8, 4) is 5.75 Å². The molecule has 0 spiro atoms. The maximum absolute atomic E-state index is 13.0. The van der Waals surface area contributed by atoms with Crippen LogP contribution >= 0.6 is 15.9 Å². The number of hydrogen-bond acceptors (Lipinski definition) is 2. The van der Waals surface area contributed by atoms with E-state index in [0.29, 0.717) is 10.2 Å². The van der Waals surface area contributed by atoms with Crippen LogP contribution in [0.25, 0.3) is 0 Å². The van der Waals surface area contributed by atoms with E-state index in [-0.39, 0.29) is 11.1 Å². The zero-order chi connectivity index (χ0) is 15.6. The monoisotopic (exact) mass is 358 g/mol. The van der Waals surface area contributed by atoms with Gasteiger partial charge < -0.3 is 4.74 Å². The molecule has 2 rings (SSSR count). The Morgan fingerprint density at radius 3 is 2.33 bits per heavy atom. The Hall–Kier alpha value is -1.82. The molecule has 0 amide bonds. The molecule has 2 aromatic carbocycles. The lowest BCUT2D eigenvalue weighted by molar-refractivity contribution is -0.137. The first-order chi connectivity index (χ1) is 9.84. The van der Waals surface area contributed by atoms with Gasteiger partial charge >= 0.3 is 6.18 Å². The molecule has 0 atom stereocenters. The van der Waals surface area contributed by atoms with E-state index < -0.39 is 17.5 Å². The van der Waals surface area contributed by atoms with Crippen LogP contribution in [-0.2, 0) is 6.18 Å². The van der Waals surface area contributed by atoms with Crippen molar-refractivity contribution in [1.82, 2.24) is 0 Å². The van der Waals surface area contributed by atoms with Crippen molar-refractivity contribution >= 4 is 21.7 Å². The van der Waals surface area contributed by atoms with Gasteiger partial charge in [-0.3, -0.25) is 4.79 Å². The smallest absolute Gasteiger partial charge is 0.417 e. The minimum Gasteiger partial charge on any atom is -0.497 e. The second kappa shape index (κ2) is 5.89. The number of hydrogen-bond donors (Lipinski definition) is 0. The first kappa shape index (κ1) is 15.6. The van der Waals surface area contributed by atoms with Gasteiger partial charge in [0.25, 0.3) is 0 Å². The summed E-state index contributed by atoms with van der Waals surface area (Å²) < 4.78 is 44.2. The van der Waals surface area contributed by atoms with Crippen molar-refractivity contribution in [3.63, 3.8) is 0 Å². The fourth-order valence-electron chi connectivity index (χ4n) is 1.88. The summed E-state index contributed by atoms with van der Waals surface area (Å²) in [5.74, 6) is -0.194. The van der Waals surface area contributed by atoms with Crippen LogP contribution in [0.3, 0.4) is 0 Å². The van der Waals surface area contributed by atoms with Gasteiger partial charge in [-0.1, -0.05) is 18.2 Å². The zero-order valence-corrected chi connectivity index (χ0v) is 12.5. The van der Waals surface area contributed by atoms with Gasteiger partial charge in [-0.05, 0) is 40.2 Å². The Kier molecular flexibility index (Phi) is 4.37. The summed E-state index contributed by atoms with van der Waals surface area (Å²) in [6.45, 7) is 0. The largest absolute Gasteiger partial charge is 0.497 e. The lowest BCUT2D eigenvalue weighted by atomic mass is 9.98. The summed E-state index contributed by atoms with van der Waals surface area (Å²) >= 11 is 3.18. The van der Waals surface area contributed by atoms with Crippen molar-refractivity contribution < 1.29 is 22.7 Å². The molecule has 0 aliphatic heterocycles. The summed E-state index contributed by atoms with van der Waals surface area (Å²) in [6, 6.07) is 9.20. The van der Waals surface area contributed by atoms with E-state index >= 15 is 0 Å². The quantitative estimate of drug-likeness (QED) is 0.743. The molecule has 2 aromatic rings. The summed E-state index contributed by atoms with van der Waals surface area (Å²) in [7, 11) is 1.46. The number of ketones is 1. The van der Waals surface area contributed by atoms with Crippen LogP contribution in [0, 0.1) is 0 Å². The molecule has 0 aromatic heterocycles. The molecule has 0 radical (unpaired) electrons. The van der Waals surface area contributed by atoms with E-state index in [4.69, 9.17) is 4.74 Å². The van der Waals surface area contributed by atoms with Crippen LogP contribution in [0.2, 0.25) is 0 Å². The van der Waals surface area contributed by atoms with Crippen LogP contribution in [0.4, 0.5) is 13.2 Å². The van der Waals surface area contributed by atoms with E-state index in [1.807, 2.05) is 0 Å². The van der Waals surface area contributed by atoms with Gasteiger partial charge in [0, 0.05) is 15.6 Å². The standard InChI is InChI=1S/C15H10BrF3O2/c1-21-9-6-7-11(13(16)8-9)14(20)10-4-2-3-5-12(10)15(17,18)19/h2-8H,1H3. The fraction of sp³-hybridized carbons (Fsp3) is 0.133. The number of carbonyl (C=O) groups is 1. The number of benzene rings is 2. The molecule has 0 saturated carbocycles. The number of halogens is 4. The van der Waals surface area contributed by atoms with Crippen molar-refractivity contribution in [2.45, 2.75) is 6.18 Å². The third kappa shape index (κ3) is 3.26. The van der Waals surface area contributed by atoms with Gasteiger partial charge in [-0.25, -0.2) is 0 Å². The number of rotatable bonds is 3. The van der Waals surface area contributed by atoms with Gasteiger partial charge in [0.05, 0.1) is 12.7 Å². The molecular formula is C15H10BrF3O2. The Morgan fingerprint density at radius 2 is 1.76 bits per heavy atom. The topological polar surface area (TPSA) is 26.3 Å². The summed E-state index contributed by atoms with van der Waals surface area (Å²) in [4.78, 5) is 12.4. The van der Waals surface area contributed by atoms with Crippen LogP contribution < -0.4 is 4.74 Å². The van der Waals surface area contributed by atoms with Crippen LogP contribution in [-0.4, -0.2) is 12.9 Å². The average Bonchev–Trinajstić information content (AvgIpc) is 2.45. The van der Waals surface area contributed by atoms with Crippen LogP contribution in [0.5, 0.6) is 5.75 Å². The highest BCUT2D eigenvalue weighted by Gasteiger charge is 2.35. The van der Waals surface area contributed by atoms with Gasteiger partial charge in [0.2, 0.25) is 0 Å². The molecule has 0 N–H and O–H groups in total. The second-order valence-electron chi connectivity index (χ2n) is 4.22. The van der Waals surface area contributed by atoms with Gasteiger partial charge in [-0.2, -0.15) is 13.2 Å². The average molecular weight is 359 g/mol. The molecule has 0 aliphatic rings. The Labute approximate surface area is 127 Å². The molecule has 0 bridgehead atoms. The molecular weight excluding hydrogens is 349 g/mol. The minimum atomic E-state index is -4.58. The molecule has 6 heteroatoms. The zero-order valence-electron chi connectivity index (χ0n) is 10.9. The fourth-order valence-corrected chi connectivity index (χ4v) is 2.42. The summed E-state index contributed by atoms with van der Waals surface area (Å²) in [5.41, 5.74) is -1.18. The highest BCUT2D eigenvalue weighted by molar-refractivity contribution is 9.10. The van der Waals surface area contributed by atoms with Gasteiger partial charge in [-0.15, -0.1) is 0 Å². The van der Waals surface area contributed by atoms with Crippen LogP contribution in [0.15, 0.2) is 46.9 Å². The molecule has 110 valence electrons. The van der Waals surface area contributed by atoms with E-state index in [0.717, 1.165) is 6.07 Å². The van der Waals surface area contributed by atoms with Crippen molar-refractivity contribution in [2.24, 2.45) is 0 Å². The first-order valence-electron chi connectivity index (χ1n) is 5.89. The highest BCUT2D eigenvalue weighted by atomic mass is 79.9. The number of ether oxygens (including phenoxy) is 1. The molecule has 0 fully saturated rings. The number of alkyl halides is 3. The molecule has 0 saturated heterocycles. The molecule has 0 aliphatic carbocycles. The van der Waals surface area contributed by atoms with E-state index in [9.17, 15) is 18.0 Å². The van der Waals surface area contributed by atoms with Crippen molar-refractivity contribution in [1.29, 1.82) is 0 Å². The Balaban J connectivity index is 2.51. The molecule has 21 heavy (non-hydrogen) atoms. The second-order valence-corrected chi connectivity index (χ2v) is 5.07. The predicted molar refractivity (Wildman–Crippen MR) is 75.6 cm³/mol. The third-order valence-electron chi connectivity index (χ3n) is 2.90. The highest BCUT2D eigenvalue weighted by Crippen LogP contribution is 2.34. The molecule has 2 nitrogen and oxygen atoms in total. The van der Waals surface area contributed by atoms with Crippen molar-refractivity contribution in [3.05, 3.63) is 63.6 Å². The van der Waals surface area contributed by atoms with Crippen molar-refractivity contribution in [2.75, 3.05) is 7.11 Å². The summed E-state index contributed by atoms with van der Waals surface area (Å²) in [6.07, 6.45) is -4.58. The normalized spacial score (nSPS) is 11.3. The van der Waals surface area contributed by atoms with E-state index in [1.165, 1.54) is 43.5 Å². The maximum Gasteiger partial charge on any atom is 0.417 e. The Bertz CT molecular complexity index is 681. The SMILES string of the molecule is COc1ccc(C(=O)c2ccccc2C(F)(F)F)c(Br)c1. The van der Waals surface area contributed by atoms with E-state index in [2.05, 4.69) is 15.9 Å². The first-order valence-corrected chi connectivity index (χ1v) is 6.68. The third-order valence-corrected chi connectivity index (χ3v) is 3.55. The maximum atomic E-state index is 13.0. The Morgan fingerprint density at radius 1 is 1.10 bits per heavy atom.